The molecule has 9 heteroatoms. The molecule has 1 aliphatic rings. The number of aromatic amines is 1. The Balaban J connectivity index is 1.74. The highest BCUT2D eigenvalue weighted by Gasteiger charge is 2.28. The number of piperidine rings is 1. The van der Waals surface area contributed by atoms with E-state index in [0.717, 1.165) is 6.26 Å². The molecule has 3 rings (SSSR count). The zero-order chi connectivity index (χ0) is 22.8. The zero-order valence-electron chi connectivity index (χ0n) is 18.2. The highest BCUT2D eigenvalue weighted by Crippen LogP contribution is 2.29. The second-order valence-electron chi connectivity index (χ2n) is 8.63. The third-order valence-corrected chi connectivity index (χ3v) is 6.01. The summed E-state index contributed by atoms with van der Waals surface area (Å²) in [5.74, 6) is 0.423. The van der Waals surface area contributed by atoms with E-state index in [1.807, 2.05) is 20.8 Å². The lowest BCUT2D eigenvalue weighted by Crippen LogP contribution is -2.44. The molecule has 0 radical (unpaired) electrons. The first-order chi connectivity index (χ1) is 14.4. The fourth-order valence-electron chi connectivity index (χ4n) is 3.36. The first kappa shape index (κ1) is 22.9. The van der Waals surface area contributed by atoms with E-state index in [4.69, 9.17) is 9.47 Å². The van der Waals surface area contributed by atoms with Gasteiger partial charge in [-0.25, -0.2) is 13.2 Å². The van der Waals surface area contributed by atoms with Crippen LogP contribution in [0, 0.1) is 0 Å². The summed E-state index contributed by atoms with van der Waals surface area (Å²) in [5.41, 5.74) is 0.0419. The number of ether oxygens (including phenoxy) is 2. The number of H-pyrrole nitrogens is 1. The summed E-state index contributed by atoms with van der Waals surface area (Å²) in [6.07, 6.45) is 3.37. The van der Waals surface area contributed by atoms with Gasteiger partial charge in [0.25, 0.3) is 5.56 Å². The number of aromatic nitrogens is 1. The molecule has 0 spiro atoms. The minimum atomic E-state index is -3.33. The molecule has 0 atom stereocenters. The average Bonchev–Trinajstić information content (AvgIpc) is 2.67. The second kappa shape index (κ2) is 8.74. The van der Waals surface area contributed by atoms with Crippen molar-refractivity contribution in [1.82, 2.24) is 9.88 Å². The van der Waals surface area contributed by atoms with Crippen LogP contribution in [0.2, 0.25) is 0 Å². The number of nitrogens with one attached hydrogen (secondary N) is 1. The second-order valence-corrected chi connectivity index (χ2v) is 10.6. The molecule has 0 aliphatic carbocycles. The van der Waals surface area contributed by atoms with E-state index < -0.39 is 15.4 Å². The Morgan fingerprint density at radius 2 is 1.71 bits per heavy atom. The van der Waals surface area contributed by atoms with E-state index in [1.54, 1.807) is 23.1 Å². The molecule has 1 amide bonds. The molecule has 1 N–H and O–H groups in total. The topological polar surface area (TPSA) is 106 Å². The minimum absolute atomic E-state index is 0.158. The van der Waals surface area contributed by atoms with Crippen LogP contribution < -0.4 is 10.3 Å². The van der Waals surface area contributed by atoms with Gasteiger partial charge in [0.15, 0.2) is 9.84 Å². The van der Waals surface area contributed by atoms with Gasteiger partial charge < -0.3 is 19.4 Å². The van der Waals surface area contributed by atoms with Crippen molar-refractivity contribution in [3.8, 4) is 16.9 Å². The molecule has 2 heterocycles. The Morgan fingerprint density at radius 1 is 1.10 bits per heavy atom. The highest BCUT2D eigenvalue weighted by atomic mass is 32.2. The van der Waals surface area contributed by atoms with Crippen molar-refractivity contribution < 1.29 is 22.7 Å². The van der Waals surface area contributed by atoms with Gasteiger partial charge in [-0.2, -0.15) is 0 Å². The van der Waals surface area contributed by atoms with Crippen LogP contribution in [0.4, 0.5) is 4.79 Å². The maximum absolute atomic E-state index is 12.5. The van der Waals surface area contributed by atoms with E-state index in [9.17, 15) is 18.0 Å². The predicted molar refractivity (Wildman–Crippen MR) is 117 cm³/mol. The highest BCUT2D eigenvalue weighted by molar-refractivity contribution is 7.90. The monoisotopic (exact) mass is 448 g/mol. The Morgan fingerprint density at radius 3 is 2.26 bits per heavy atom. The number of hydrogen-bond donors (Lipinski definition) is 1. The number of sulfone groups is 1. The molecule has 0 saturated carbocycles. The summed E-state index contributed by atoms with van der Waals surface area (Å²) in [7, 11) is -3.33. The molecular formula is C22H28N2O6S. The van der Waals surface area contributed by atoms with Gasteiger partial charge in [0.1, 0.15) is 17.5 Å². The lowest BCUT2D eigenvalue weighted by molar-refractivity contribution is 0.0127. The van der Waals surface area contributed by atoms with Crippen LogP contribution in [-0.4, -0.2) is 55.4 Å². The van der Waals surface area contributed by atoms with Gasteiger partial charge in [-0.1, -0.05) is 12.1 Å². The molecule has 1 saturated heterocycles. The van der Waals surface area contributed by atoms with E-state index in [2.05, 4.69) is 4.98 Å². The predicted octanol–water partition coefficient (Wildman–Crippen LogP) is 3.22. The molecular weight excluding hydrogens is 420 g/mol. The molecule has 1 aromatic heterocycles. The molecule has 0 bridgehead atoms. The molecule has 1 aromatic carbocycles. The number of pyridine rings is 1. The number of nitrogens with zero attached hydrogens (tertiary/aromatic N) is 1. The summed E-state index contributed by atoms with van der Waals surface area (Å²) >= 11 is 0. The quantitative estimate of drug-likeness (QED) is 0.770. The number of hydrogen-bond acceptors (Lipinski definition) is 6. The van der Waals surface area contributed by atoms with Crippen molar-refractivity contribution in [2.75, 3.05) is 19.3 Å². The van der Waals surface area contributed by atoms with Crippen LogP contribution >= 0.6 is 0 Å². The first-order valence-corrected chi connectivity index (χ1v) is 12.0. The minimum Gasteiger partial charge on any atom is -0.489 e. The lowest BCUT2D eigenvalue weighted by Gasteiger charge is -2.33. The molecule has 1 fully saturated rings. The van der Waals surface area contributed by atoms with Crippen LogP contribution in [0.3, 0.4) is 0 Å². The number of likely N-dealkylation sites (tertiary alicyclic amines) is 1. The lowest BCUT2D eigenvalue weighted by atomic mass is 10.1. The maximum Gasteiger partial charge on any atom is 0.410 e. The molecule has 168 valence electrons. The van der Waals surface area contributed by atoms with E-state index >= 15 is 0 Å². The number of carbonyl (C=O) groups is 1. The van der Waals surface area contributed by atoms with Crippen LogP contribution in [0.25, 0.3) is 11.1 Å². The number of amides is 1. The van der Waals surface area contributed by atoms with Crippen LogP contribution in [0.15, 0.2) is 46.2 Å². The first-order valence-electron chi connectivity index (χ1n) is 10.1. The molecule has 2 aromatic rings. The number of rotatable bonds is 4. The third kappa shape index (κ3) is 5.88. The Hall–Kier alpha value is -2.81. The van der Waals surface area contributed by atoms with Crippen molar-refractivity contribution in [2.24, 2.45) is 0 Å². The molecule has 8 nitrogen and oxygen atoms in total. The van der Waals surface area contributed by atoms with Gasteiger partial charge in [-0.05, 0) is 44.5 Å². The van der Waals surface area contributed by atoms with Gasteiger partial charge in [-0.15, -0.1) is 0 Å². The Kier molecular flexibility index (Phi) is 6.45. The van der Waals surface area contributed by atoms with Crippen molar-refractivity contribution in [1.29, 1.82) is 0 Å². The van der Waals surface area contributed by atoms with Crippen molar-refractivity contribution in [3.05, 3.63) is 46.9 Å². The van der Waals surface area contributed by atoms with Crippen molar-refractivity contribution in [2.45, 2.75) is 50.2 Å². The Bertz CT molecular complexity index is 1090. The van der Waals surface area contributed by atoms with Crippen LogP contribution in [0.1, 0.15) is 33.6 Å². The average molecular weight is 449 g/mol. The van der Waals surface area contributed by atoms with Gasteiger partial charge in [0, 0.05) is 38.4 Å². The maximum atomic E-state index is 12.5. The fourth-order valence-corrected chi connectivity index (χ4v) is 3.99. The fraction of sp³-hybridized carbons (Fsp3) is 0.455. The third-order valence-electron chi connectivity index (χ3n) is 4.88. The number of benzene rings is 1. The largest absolute Gasteiger partial charge is 0.489 e. The summed E-state index contributed by atoms with van der Waals surface area (Å²) in [5, 5.41) is 0. The smallest absolute Gasteiger partial charge is 0.410 e. The van der Waals surface area contributed by atoms with Crippen LogP contribution in [0.5, 0.6) is 5.75 Å². The summed E-state index contributed by atoms with van der Waals surface area (Å²) in [6.45, 7) is 6.50. The summed E-state index contributed by atoms with van der Waals surface area (Å²) in [4.78, 5) is 29.2. The van der Waals surface area contributed by atoms with Crippen molar-refractivity contribution >= 4 is 15.9 Å². The van der Waals surface area contributed by atoms with E-state index in [-0.39, 0.29) is 22.7 Å². The van der Waals surface area contributed by atoms with Crippen LogP contribution in [-0.2, 0) is 14.6 Å². The molecule has 1 aliphatic heterocycles. The standard InChI is InChI=1S/C22H28N2O6S/c1-22(2,3)30-21(26)24-13-10-16(11-14-24)29-18-9-12-23-20(25)19(18)15-5-7-17(8-6-15)31(4,27)28/h5-9,12,16H,10-11,13-14H2,1-4H3,(H,23,25). The SMILES string of the molecule is CC(C)(C)OC(=O)N1CCC(Oc2cc[nH]c(=O)c2-c2ccc(S(C)(=O)=O)cc2)CC1. The van der Waals surface area contributed by atoms with Gasteiger partial charge >= 0.3 is 6.09 Å². The van der Waals surface area contributed by atoms with Gasteiger partial charge in [0.05, 0.1) is 10.5 Å². The zero-order valence-corrected chi connectivity index (χ0v) is 19.0. The Labute approximate surface area is 182 Å². The number of carbonyl (C=O) groups excluding carboxylic acids is 1. The summed E-state index contributed by atoms with van der Waals surface area (Å²) < 4.78 is 34.9. The normalized spacial score (nSPS) is 15.5. The molecule has 31 heavy (non-hydrogen) atoms. The van der Waals surface area contributed by atoms with Crippen molar-refractivity contribution in [3.63, 3.8) is 0 Å². The van der Waals surface area contributed by atoms with Gasteiger partial charge in [0.2, 0.25) is 0 Å². The summed E-state index contributed by atoms with van der Waals surface area (Å²) in [6, 6.07) is 7.82. The van der Waals surface area contributed by atoms with E-state index in [0.29, 0.717) is 42.8 Å². The van der Waals surface area contributed by atoms with Gasteiger partial charge in [-0.3, -0.25) is 4.79 Å². The molecule has 0 unspecified atom stereocenters. The van der Waals surface area contributed by atoms with E-state index in [1.165, 1.54) is 18.3 Å².